The maximum atomic E-state index is 13.5. The van der Waals surface area contributed by atoms with Crippen LogP contribution in [0.15, 0.2) is 36.4 Å². The summed E-state index contributed by atoms with van der Waals surface area (Å²) in [4.78, 5) is 32.7. The van der Waals surface area contributed by atoms with Crippen molar-refractivity contribution in [3.05, 3.63) is 53.1 Å². The number of likely N-dealkylation sites (tertiary alicyclic amines) is 1. The number of phenolic OH excluding ortho intramolecular Hbond substituents is 1. The van der Waals surface area contributed by atoms with Gasteiger partial charge in [0.25, 0.3) is 5.91 Å². The summed E-state index contributed by atoms with van der Waals surface area (Å²) in [6.07, 6.45) is 15.1. The van der Waals surface area contributed by atoms with Gasteiger partial charge in [0.2, 0.25) is 5.91 Å². The Bertz CT molecular complexity index is 1610. The molecule has 2 aromatic rings. The van der Waals surface area contributed by atoms with Crippen molar-refractivity contribution in [3.8, 4) is 11.5 Å². The molecule has 2 unspecified atom stereocenters. The van der Waals surface area contributed by atoms with Crippen LogP contribution in [0.4, 0.5) is 5.69 Å². The summed E-state index contributed by atoms with van der Waals surface area (Å²) in [5, 5.41) is 16.4. The predicted octanol–water partition coefficient (Wildman–Crippen LogP) is 5.29. The van der Waals surface area contributed by atoms with E-state index >= 15 is 0 Å². The van der Waals surface area contributed by atoms with E-state index in [-0.39, 0.29) is 35.8 Å². The Morgan fingerprint density at radius 2 is 1.84 bits per heavy atom. The average molecular weight is 790 g/mol. The summed E-state index contributed by atoms with van der Waals surface area (Å²) in [7, 11) is 1.86. The number of benzene rings is 2. The monoisotopic (exact) mass is 790 g/mol. The van der Waals surface area contributed by atoms with E-state index in [9.17, 15) is 14.7 Å². The van der Waals surface area contributed by atoms with Crippen molar-refractivity contribution in [2.75, 3.05) is 84.7 Å². The van der Waals surface area contributed by atoms with Gasteiger partial charge in [0.05, 0.1) is 37.9 Å². The Morgan fingerprint density at radius 1 is 1.00 bits per heavy atom. The molecule has 2 saturated heterocycles. The molecule has 12 heteroatoms. The Morgan fingerprint density at radius 3 is 2.68 bits per heavy atom. The second-order valence-electron chi connectivity index (χ2n) is 17.1. The standard InChI is InChI=1S/C45H67N5O7/c1-54-39-12-6-11-38(30-39)49-25-28-57-45(33-49)18-22-48(23-19-45)31-35-8-5-7-34(29-35)16-26-55-27-17-42(53)50(37-9-3-2-4-10-37)24-21-46-20-15-36-13-14-40(51)43-44(36)56-32-41(52)47-43/h5,7-8,13-14,29,37-39,46,51H,2-4,6,9-12,15-28,30-33H2,1H3,(H,47,52). The fraction of sp³-hybridized carbons (Fsp3) is 0.689. The van der Waals surface area contributed by atoms with Crippen LogP contribution in [-0.2, 0) is 43.2 Å². The third-order valence-corrected chi connectivity index (χ3v) is 13.2. The average Bonchev–Trinajstić information content (AvgIpc) is 3.24. The van der Waals surface area contributed by atoms with Crippen molar-refractivity contribution in [1.82, 2.24) is 20.0 Å². The van der Waals surface area contributed by atoms with Crippen LogP contribution in [0.25, 0.3) is 0 Å². The van der Waals surface area contributed by atoms with E-state index in [4.69, 9.17) is 18.9 Å². The number of phenols is 1. The molecule has 2 aromatic carbocycles. The third kappa shape index (κ3) is 11.5. The highest BCUT2D eigenvalue weighted by Gasteiger charge is 2.42. The summed E-state index contributed by atoms with van der Waals surface area (Å²) in [6.45, 7) is 9.05. The molecular weight excluding hydrogens is 723 g/mol. The number of rotatable bonds is 17. The molecule has 1 spiro atoms. The molecule has 3 aliphatic heterocycles. The summed E-state index contributed by atoms with van der Waals surface area (Å²) in [6, 6.07) is 13.3. The van der Waals surface area contributed by atoms with Gasteiger partial charge in [-0.3, -0.25) is 19.4 Å². The molecule has 3 heterocycles. The van der Waals surface area contributed by atoms with Gasteiger partial charge in [0.1, 0.15) is 11.4 Å². The molecule has 2 amide bonds. The lowest BCUT2D eigenvalue weighted by atomic mass is 9.86. The van der Waals surface area contributed by atoms with Gasteiger partial charge in [-0.05, 0) is 93.5 Å². The summed E-state index contributed by atoms with van der Waals surface area (Å²) < 4.78 is 24.0. The number of methoxy groups -OCH3 is 1. The summed E-state index contributed by atoms with van der Waals surface area (Å²) in [5.74, 6) is 0.438. The normalized spacial score (nSPS) is 23.1. The first-order valence-corrected chi connectivity index (χ1v) is 21.9. The number of amides is 2. The quantitative estimate of drug-likeness (QED) is 0.144. The first-order chi connectivity index (χ1) is 27.9. The number of ether oxygens (including phenoxy) is 4. The lowest BCUT2D eigenvalue weighted by Gasteiger charge is -2.50. The van der Waals surface area contributed by atoms with Crippen LogP contribution < -0.4 is 15.4 Å². The SMILES string of the molecule is COC1CCCC(N2CCOC3(CCN(Cc4cccc(CCOCCC(=O)N(CCNCCc5ccc(O)c6c5OCC(=O)N6)C5CCCCC5)c4)CC3)C2)C1. The molecule has 5 aliphatic rings. The van der Waals surface area contributed by atoms with Crippen molar-refractivity contribution >= 4 is 17.5 Å². The van der Waals surface area contributed by atoms with Crippen molar-refractivity contribution in [2.45, 2.75) is 120 Å². The van der Waals surface area contributed by atoms with Crippen LogP contribution in [-0.4, -0.2) is 135 Å². The van der Waals surface area contributed by atoms with Crippen LogP contribution in [0.1, 0.15) is 93.7 Å². The minimum Gasteiger partial charge on any atom is -0.506 e. The number of hydrogen-bond donors (Lipinski definition) is 3. The van der Waals surface area contributed by atoms with Crippen molar-refractivity contribution in [1.29, 1.82) is 0 Å². The first kappa shape index (κ1) is 41.9. The zero-order valence-corrected chi connectivity index (χ0v) is 34.3. The van der Waals surface area contributed by atoms with E-state index < -0.39 is 0 Å². The Labute approximate surface area is 339 Å². The molecule has 2 atom stereocenters. The summed E-state index contributed by atoms with van der Waals surface area (Å²) in [5.41, 5.74) is 3.88. The predicted molar refractivity (Wildman–Crippen MR) is 221 cm³/mol. The zero-order valence-electron chi connectivity index (χ0n) is 34.3. The largest absolute Gasteiger partial charge is 0.506 e. The second kappa shape index (κ2) is 20.6. The van der Waals surface area contributed by atoms with Crippen molar-refractivity contribution < 1.29 is 33.6 Å². The van der Waals surface area contributed by atoms with E-state index in [1.54, 1.807) is 6.07 Å². The van der Waals surface area contributed by atoms with E-state index in [2.05, 4.69) is 49.6 Å². The molecule has 0 aromatic heterocycles. The molecule has 0 radical (unpaired) electrons. The zero-order chi connectivity index (χ0) is 39.5. The maximum absolute atomic E-state index is 13.5. The summed E-state index contributed by atoms with van der Waals surface area (Å²) >= 11 is 0. The number of carbonyl (C=O) groups is 2. The minimum atomic E-state index is -0.272. The first-order valence-electron chi connectivity index (χ1n) is 21.9. The fourth-order valence-electron chi connectivity index (χ4n) is 9.87. The number of nitrogens with zero attached hydrogens (tertiary/aromatic N) is 3. The number of piperidine rings is 1. The molecule has 3 N–H and O–H groups in total. The van der Waals surface area contributed by atoms with Gasteiger partial charge in [-0.15, -0.1) is 0 Å². The topological polar surface area (TPSA) is 125 Å². The number of fused-ring (bicyclic) bond motifs is 1. The Kier molecular flexibility index (Phi) is 15.2. The number of morpholine rings is 1. The smallest absolute Gasteiger partial charge is 0.262 e. The molecule has 314 valence electrons. The van der Waals surface area contributed by atoms with Gasteiger partial charge in [0, 0.05) is 65.0 Å². The lowest BCUT2D eigenvalue weighted by molar-refractivity contribution is -0.149. The van der Waals surface area contributed by atoms with Gasteiger partial charge in [-0.2, -0.15) is 0 Å². The molecule has 12 nitrogen and oxygen atoms in total. The van der Waals surface area contributed by atoms with Crippen molar-refractivity contribution in [3.63, 3.8) is 0 Å². The van der Waals surface area contributed by atoms with Crippen molar-refractivity contribution in [2.24, 2.45) is 0 Å². The highest BCUT2D eigenvalue weighted by molar-refractivity contribution is 5.97. The minimum absolute atomic E-state index is 0.00426. The van der Waals surface area contributed by atoms with E-state index in [1.807, 2.05) is 13.2 Å². The van der Waals surface area contributed by atoms with Crippen LogP contribution in [0.2, 0.25) is 0 Å². The Balaban J connectivity index is 0.805. The van der Waals surface area contributed by atoms with Gasteiger partial charge in [-0.1, -0.05) is 49.6 Å². The second-order valence-corrected chi connectivity index (χ2v) is 17.1. The third-order valence-electron chi connectivity index (χ3n) is 13.2. The fourth-order valence-corrected chi connectivity index (χ4v) is 9.87. The number of carbonyl (C=O) groups excluding carboxylic acids is 2. The van der Waals surface area contributed by atoms with Crippen LogP contribution >= 0.6 is 0 Å². The van der Waals surface area contributed by atoms with E-state index in [0.717, 1.165) is 83.4 Å². The van der Waals surface area contributed by atoms with Crippen LogP contribution in [0, 0.1) is 0 Å². The van der Waals surface area contributed by atoms with Gasteiger partial charge >= 0.3 is 0 Å². The molecule has 57 heavy (non-hydrogen) atoms. The highest BCUT2D eigenvalue weighted by Crippen LogP contribution is 2.39. The van der Waals surface area contributed by atoms with Crippen LogP contribution in [0.3, 0.4) is 0 Å². The number of aromatic hydroxyl groups is 1. The highest BCUT2D eigenvalue weighted by atomic mass is 16.5. The molecule has 7 rings (SSSR count). The van der Waals surface area contributed by atoms with Gasteiger partial charge < -0.3 is 39.6 Å². The van der Waals surface area contributed by atoms with Crippen LogP contribution in [0.5, 0.6) is 11.5 Å². The van der Waals surface area contributed by atoms with E-state index in [0.29, 0.717) is 69.3 Å². The molecule has 4 fully saturated rings. The molecule has 2 aliphatic carbocycles. The molecule has 2 saturated carbocycles. The van der Waals surface area contributed by atoms with Gasteiger partial charge in [0.15, 0.2) is 12.4 Å². The number of nitrogens with one attached hydrogen (secondary N) is 2. The lowest BCUT2D eigenvalue weighted by Crippen LogP contribution is -2.59. The Hall–Kier alpha value is -3.26. The number of anilines is 1. The molecular formula is C45H67N5O7. The number of hydrogen-bond acceptors (Lipinski definition) is 10. The van der Waals surface area contributed by atoms with Gasteiger partial charge in [-0.25, -0.2) is 0 Å². The van der Waals surface area contributed by atoms with E-state index in [1.165, 1.54) is 49.7 Å². The molecule has 0 bridgehead atoms. The maximum Gasteiger partial charge on any atom is 0.262 e.